The van der Waals surface area contributed by atoms with Gasteiger partial charge >= 0.3 is 0 Å². The van der Waals surface area contributed by atoms with E-state index < -0.39 is 6.04 Å². The van der Waals surface area contributed by atoms with Gasteiger partial charge in [0.15, 0.2) is 0 Å². The molecule has 0 saturated heterocycles. The Kier molecular flexibility index (Phi) is 7.25. The Hall–Kier alpha value is -1.33. The molecule has 0 fully saturated rings. The normalized spacial score (nSPS) is 11.2. The van der Waals surface area contributed by atoms with Crippen LogP contribution in [0.5, 0.6) is 5.75 Å². The molecule has 0 unspecified atom stereocenters. The zero-order chi connectivity index (χ0) is 12.0. The van der Waals surface area contributed by atoms with Gasteiger partial charge in [-0.15, -0.1) is 12.4 Å². The van der Waals surface area contributed by atoms with Crippen molar-refractivity contribution in [3.63, 3.8) is 0 Å². The second kappa shape index (κ2) is 7.86. The van der Waals surface area contributed by atoms with Gasteiger partial charge in [0.25, 0.3) is 0 Å². The number of carbonyl (C=O) groups is 1. The SMILES string of the molecule is C[C@@H](N)C(=O)NCCOc1cccc(F)c1.Cl. The molecule has 1 aromatic rings. The van der Waals surface area contributed by atoms with Crippen LogP contribution in [-0.2, 0) is 4.79 Å². The van der Waals surface area contributed by atoms with Gasteiger partial charge in [-0.25, -0.2) is 4.39 Å². The summed E-state index contributed by atoms with van der Waals surface area (Å²) in [5.41, 5.74) is 5.35. The van der Waals surface area contributed by atoms with E-state index in [0.29, 0.717) is 12.3 Å². The van der Waals surface area contributed by atoms with Crippen LogP contribution in [0.1, 0.15) is 6.92 Å². The average molecular weight is 263 g/mol. The summed E-state index contributed by atoms with van der Waals surface area (Å²) in [6.45, 7) is 2.22. The summed E-state index contributed by atoms with van der Waals surface area (Å²) in [7, 11) is 0. The fraction of sp³-hybridized carbons (Fsp3) is 0.364. The molecule has 0 aliphatic rings. The molecule has 1 amide bonds. The summed E-state index contributed by atoms with van der Waals surface area (Å²) in [6.07, 6.45) is 0. The first kappa shape index (κ1) is 15.7. The highest BCUT2D eigenvalue weighted by Gasteiger charge is 2.05. The van der Waals surface area contributed by atoms with Crippen LogP contribution in [0, 0.1) is 5.82 Å². The third kappa shape index (κ3) is 6.09. The summed E-state index contributed by atoms with van der Waals surface area (Å²) in [5.74, 6) is -0.144. The highest BCUT2D eigenvalue weighted by Crippen LogP contribution is 2.11. The molecule has 96 valence electrons. The molecule has 0 aliphatic carbocycles. The van der Waals surface area contributed by atoms with Crippen molar-refractivity contribution in [3.8, 4) is 5.75 Å². The molecule has 0 aliphatic heterocycles. The van der Waals surface area contributed by atoms with Crippen molar-refractivity contribution >= 4 is 18.3 Å². The van der Waals surface area contributed by atoms with Gasteiger partial charge in [-0.1, -0.05) is 6.07 Å². The Morgan fingerprint density at radius 3 is 2.88 bits per heavy atom. The molecule has 17 heavy (non-hydrogen) atoms. The second-order valence-electron chi connectivity index (χ2n) is 3.39. The minimum Gasteiger partial charge on any atom is -0.492 e. The molecular formula is C11H16ClFN2O2. The summed E-state index contributed by atoms with van der Waals surface area (Å²) in [4.78, 5) is 11.1. The number of carbonyl (C=O) groups excluding carboxylic acids is 1. The van der Waals surface area contributed by atoms with Gasteiger partial charge in [0.1, 0.15) is 18.2 Å². The standard InChI is InChI=1S/C11H15FN2O2.ClH/c1-8(13)11(15)14-5-6-16-10-4-2-3-9(12)7-10;/h2-4,7-8H,5-6,13H2,1H3,(H,14,15);1H/t8-;/m1./s1. The fourth-order valence-corrected chi connectivity index (χ4v) is 1.06. The van der Waals surface area contributed by atoms with E-state index in [9.17, 15) is 9.18 Å². The number of ether oxygens (including phenoxy) is 1. The van der Waals surface area contributed by atoms with Gasteiger partial charge in [0.05, 0.1) is 12.6 Å². The molecule has 4 nitrogen and oxygen atoms in total. The molecule has 0 aromatic heterocycles. The fourth-order valence-electron chi connectivity index (χ4n) is 1.06. The topological polar surface area (TPSA) is 64.4 Å². The van der Waals surface area contributed by atoms with Crippen LogP contribution < -0.4 is 15.8 Å². The summed E-state index contributed by atoms with van der Waals surface area (Å²) in [6, 6.07) is 5.30. The third-order valence-corrected chi connectivity index (χ3v) is 1.88. The van der Waals surface area contributed by atoms with Gasteiger partial charge in [0, 0.05) is 6.07 Å². The minimum atomic E-state index is -0.533. The van der Waals surface area contributed by atoms with E-state index in [0.717, 1.165) is 0 Å². The van der Waals surface area contributed by atoms with Crippen molar-refractivity contribution in [2.45, 2.75) is 13.0 Å². The van der Waals surface area contributed by atoms with Crippen molar-refractivity contribution in [2.24, 2.45) is 5.73 Å². The lowest BCUT2D eigenvalue weighted by atomic mass is 10.3. The van der Waals surface area contributed by atoms with E-state index in [1.165, 1.54) is 12.1 Å². The van der Waals surface area contributed by atoms with Crippen LogP contribution in [0.15, 0.2) is 24.3 Å². The van der Waals surface area contributed by atoms with Crippen LogP contribution in [-0.4, -0.2) is 25.1 Å². The monoisotopic (exact) mass is 262 g/mol. The van der Waals surface area contributed by atoms with Gasteiger partial charge in [0.2, 0.25) is 5.91 Å². The maximum absolute atomic E-state index is 12.7. The smallest absolute Gasteiger partial charge is 0.236 e. The highest BCUT2D eigenvalue weighted by molar-refractivity contribution is 5.85. The Bertz CT molecular complexity index is 361. The molecule has 6 heteroatoms. The molecule has 0 heterocycles. The van der Waals surface area contributed by atoms with Crippen molar-refractivity contribution in [1.82, 2.24) is 5.32 Å². The van der Waals surface area contributed by atoms with Gasteiger partial charge in [-0.05, 0) is 19.1 Å². The minimum absolute atomic E-state index is 0. The Morgan fingerprint density at radius 1 is 1.59 bits per heavy atom. The number of amides is 1. The highest BCUT2D eigenvalue weighted by atomic mass is 35.5. The number of rotatable bonds is 5. The predicted molar refractivity (Wildman–Crippen MR) is 65.8 cm³/mol. The van der Waals surface area contributed by atoms with Crippen LogP contribution in [0.25, 0.3) is 0 Å². The number of halogens is 2. The van der Waals surface area contributed by atoms with Gasteiger partial charge in [-0.2, -0.15) is 0 Å². The van der Waals surface area contributed by atoms with E-state index in [4.69, 9.17) is 10.5 Å². The van der Waals surface area contributed by atoms with Crippen LogP contribution in [0.4, 0.5) is 4.39 Å². The lowest BCUT2D eigenvalue weighted by Gasteiger charge is -2.09. The molecule has 1 rings (SSSR count). The maximum Gasteiger partial charge on any atom is 0.236 e. The quantitative estimate of drug-likeness (QED) is 0.781. The van der Waals surface area contributed by atoms with E-state index in [1.54, 1.807) is 19.1 Å². The molecule has 0 saturated carbocycles. The van der Waals surface area contributed by atoms with E-state index >= 15 is 0 Å². The molecule has 3 N–H and O–H groups in total. The zero-order valence-corrected chi connectivity index (χ0v) is 10.3. The average Bonchev–Trinajstić information content (AvgIpc) is 2.24. The molecule has 0 radical (unpaired) electrons. The van der Waals surface area contributed by atoms with Gasteiger partial charge < -0.3 is 15.8 Å². The number of hydrogen-bond donors (Lipinski definition) is 2. The number of benzene rings is 1. The number of hydrogen-bond acceptors (Lipinski definition) is 3. The second-order valence-corrected chi connectivity index (χ2v) is 3.39. The van der Waals surface area contributed by atoms with Crippen molar-refractivity contribution in [2.75, 3.05) is 13.2 Å². The first-order valence-electron chi connectivity index (χ1n) is 5.01. The number of nitrogens with one attached hydrogen (secondary N) is 1. The van der Waals surface area contributed by atoms with Gasteiger partial charge in [-0.3, -0.25) is 4.79 Å². The van der Waals surface area contributed by atoms with Crippen molar-refractivity contribution in [1.29, 1.82) is 0 Å². The molecule has 1 atom stereocenters. The third-order valence-electron chi connectivity index (χ3n) is 1.88. The van der Waals surface area contributed by atoms with E-state index in [1.807, 2.05) is 0 Å². The maximum atomic E-state index is 12.7. The Labute approximate surface area is 106 Å². The summed E-state index contributed by atoms with van der Waals surface area (Å²) >= 11 is 0. The predicted octanol–water partition coefficient (Wildman–Crippen LogP) is 1.09. The van der Waals surface area contributed by atoms with Crippen LogP contribution in [0.3, 0.4) is 0 Å². The molecular weight excluding hydrogens is 247 g/mol. The van der Waals surface area contributed by atoms with Crippen LogP contribution in [0.2, 0.25) is 0 Å². The summed E-state index contributed by atoms with van der Waals surface area (Å²) in [5, 5.41) is 2.58. The van der Waals surface area contributed by atoms with E-state index in [2.05, 4.69) is 5.32 Å². The largest absolute Gasteiger partial charge is 0.492 e. The first-order valence-corrected chi connectivity index (χ1v) is 5.01. The van der Waals surface area contributed by atoms with Crippen molar-refractivity contribution < 1.29 is 13.9 Å². The number of nitrogens with two attached hydrogens (primary N) is 1. The Balaban J connectivity index is 0.00000256. The lowest BCUT2D eigenvalue weighted by Crippen LogP contribution is -2.40. The summed E-state index contributed by atoms with van der Waals surface area (Å²) < 4.78 is 18.0. The lowest BCUT2D eigenvalue weighted by molar-refractivity contribution is -0.122. The van der Waals surface area contributed by atoms with Crippen molar-refractivity contribution in [3.05, 3.63) is 30.1 Å². The van der Waals surface area contributed by atoms with Crippen LogP contribution >= 0.6 is 12.4 Å². The first-order chi connectivity index (χ1) is 7.59. The van der Waals surface area contributed by atoms with E-state index in [-0.39, 0.29) is 30.7 Å². The molecule has 0 spiro atoms. The zero-order valence-electron chi connectivity index (χ0n) is 9.48. The molecule has 0 bridgehead atoms. The molecule has 1 aromatic carbocycles. The Morgan fingerprint density at radius 2 is 2.29 bits per heavy atom.